The molecule has 1 aliphatic carbocycles. The maximum Gasteiger partial charge on any atom is 0.142 e. The summed E-state index contributed by atoms with van der Waals surface area (Å²) in [5.74, 6) is 1.33. The first kappa shape index (κ1) is 8.37. The van der Waals surface area contributed by atoms with Crippen molar-refractivity contribution in [3.05, 3.63) is 40.4 Å². The molecule has 3 rings (SSSR count). The molecule has 0 fully saturated rings. The van der Waals surface area contributed by atoms with Crippen molar-refractivity contribution in [1.82, 2.24) is 0 Å². The average molecular weight is 207 g/mol. The number of benzene rings is 1. The van der Waals surface area contributed by atoms with Gasteiger partial charge in [-0.2, -0.15) is 0 Å². The SMILES string of the molecule is Cc1cc(Cl)c2c(c1)[C@H]1C=CC[C@H]1O2. The van der Waals surface area contributed by atoms with Gasteiger partial charge in [-0.1, -0.05) is 29.8 Å². The van der Waals surface area contributed by atoms with Crippen molar-refractivity contribution in [2.45, 2.75) is 25.4 Å². The van der Waals surface area contributed by atoms with E-state index in [1.165, 1.54) is 11.1 Å². The topological polar surface area (TPSA) is 9.23 Å². The predicted molar refractivity (Wildman–Crippen MR) is 57.1 cm³/mol. The highest BCUT2D eigenvalue weighted by molar-refractivity contribution is 6.32. The zero-order valence-electron chi connectivity index (χ0n) is 7.96. The first-order valence-electron chi connectivity index (χ1n) is 4.89. The minimum absolute atomic E-state index is 0.296. The highest BCUT2D eigenvalue weighted by Gasteiger charge is 2.36. The summed E-state index contributed by atoms with van der Waals surface area (Å²) in [7, 11) is 0. The molecule has 0 saturated carbocycles. The van der Waals surface area contributed by atoms with Crippen LogP contribution in [0.4, 0.5) is 0 Å². The van der Waals surface area contributed by atoms with Crippen molar-refractivity contribution in [1.29, 1.82) is 0 Å². The van der Waals surface area contributed by atoms with Crippen LogP contribution in [0.5, 0.6) is 5.75 Å². The molecule has 1 aliphatic heterocycles. The van der Waals surface area contributed by atoms with Crippen LogP contribution in [0, 0.1) is 6.92 Å². The lowest BCUT2D eigenvalue weighted by Crippen LogP contribution is -2.11. The van der Waals surface area contributed by atoms with Crippen LogP contribution in [0.15, 0.2) is 24.3 Å². The monoisotopic (exact) mass is 206 g/mol. The second kappa shape index (κ2) is 2.77. The molecular weight excluding hydrogens is 196 g/mol. The summed E-state index contributed by atoms with van der Waals surface area (Å²) >= 11 is 6.14. The van der Waals surface area contributed by atoms with Crippen LogP contribution >= 0.6 is 11.6 Å². The van der Waals surface area contributed by atoms with Crippen LogP contribution in [0.25, 0.3) is 0 Å². The third-order valence-electron chi connectivity index (χ3n) is 2.96. The summed E-state index contributed by atoms with van der Waals surface area (Å²) in [5, 5.41) is 0.753. The number of fused-ring (bicyclic) bond motifs is 3. The summed E-state index contributed by atoms with van der Waals surface area (Å²) in [5.41, 5.74) is 2.46. The maximum absolute atomic E-state index is 6.14. The zero-order valence-corrected chi connectivity index (χ0v) is 8.71. The number of aryl methyl sites for hydroxylation is 1. The summed E-state index contributed by atoms with van der Waals surface area (Å²) in [6.07, 6.45) is 5.72. The molecule has 0 radical (unpaired) electrons. The second-order valence-corrected chi connectivity index (χ2v) is 4.42. The Morgan fingerprint density at radius 1 is 1.43 bits per heavy atom. The van der Waals surface area contributed by atoms with E-state index < -0.39 is 0 Å². The molecule has 2 heteroatoms. The van der Waals surface area contributed by atoms with Crippen molar-refractivity contribution >= 4 is 11.6 Å². The number of hydrogen-bond acceptors (Lipinski definition) is 1. The van der Waals surface area contributed by atoms with Crippen molar-refractivity contribution in [2.24, 2.45) is 0 Å². The molecular formula is C12H11ClO. The molecule has 0 N–H and O–H groups in total. The first-order chi connectivity index (χ1) is 6.75. The Hall–Kier alpha value is -0.950. The van der Waals surface area contributed by atoms with Crippen molar-refractivity contribution in [2.75, 3.05) is 0 Å². The molecule has 1 aromatic carbocycles. The smallest absolute Gasteiger partial charge is 0.142 e. The Morgan fingerprint density at radius 2 is 2.29 bits per heavy atom. The van der Waals surface area contributed by atoms with E-state index in [1.54, 1.807) is 0 Å². The first-order valence-corrected chi connectivity index (χ1v) is 5.27. The fraction of sp³-hybridized carbons (Fsp3) is 0.333. The van der Waals surface area contributed by atoms with E-state index in [2.05, 4.69) is 25.1 Å². The average Bonchev–Trinajstić information content (AvgIpc) is 2.65. The van der Waals surface area contributed by atoms with Gasteiger partial charge in [0.2, 0.25) is 0 Å². The van der Waals surface area contributed by atoms with E-state index in [9.17, 15) is 0 Å². The minimum Gasteiger partial charge on any atom is -0.487 e. The molecule has 1 nitrogen and oxygen atoms in total. The fourth-order valence-electron chi connectivity index (χ4n) is 2.33. The van der Waals surface area contributed by atoms with E-state index in [0.717, 1.165) is 17.2 Å². The van der Waals surface area contributed by atoms with Crippen molar-refractivity contribution < 1.29 is 4.74 Å². The predicted octanol–water partition coefficient (Wildman–Crippen LogP) is 3.45. The quantitative estimate of drug-likeness (QED) is 0.591. The lowest BCUT2D eigenvalue weighted by atomic mass is 9.97. The number of rotatable bonds is 0. The molecule has 0 unspecified atom stereocenters. The molecule has 1 heterocycles. The van der Waals surface area contributed by atoms with Crippen LogP contribution in [-0.4, -0.2) is 6.10 Å². The summed E-state index contributed by atoms with van der Waals surface area (Å²) in [6.45, 7) is 2.07. The van der Waals surface area contributed by atoms with Crippen molar-refractivity contribution in [3.8, 4) is 5.75 Å². The third-order valence-corrected chi connectivity index (χ3v) is 3.24. The number of hydrogen-bond donors (Lipinski definition) is 0. The van der Waals surface area contributed by atoms with E-state index in [4.69, 9.17) is 16.3 Å². The Labute approximate surface area is 88.3 Å². The van der Waals surface area contributed by atoms with Gasteiger partial charge < -0.3 is 4.74 Å². The van der Waals surface area contributed by atoms with Gasteiger partial charge in [-0.25, -0.2) is 0 Å². The molecule has 2 aliphatic rings. The Morgan fingerprint density at radius 3 is 3.14 bits per heavy atom. The molecule has 14 heavy (non-hydrogen) atoms. The van der Waals surface area contributed by atoms with Crippen LogP contribution in [-0.2, 0) is 0 Å². The third kappa shape index (κ3) is 1.02. The zero-order chi connectivity index (χ0) is 9.71. The van der Waals surface area contributed by atoms with Gasteiger partial charge in [0.05, 0.1) is 5.02 Å². The van der Waals surface area contributed by atoms with Gasteiger partial charge in [0, 0.05) is 17.9 Å². The molecule has 0 spiro atoms. The van der Waals surface area contributed by atoms with Gasteiger partial charge in [0.15, 0.2) is 0 Å². The van der Waals surface area contributed by atoms with Gasteiger partial charge in [0.25, 0.3) is 0 Å². The van der Waals surface area contributed by atoms with E-state index >= 15 is 0 Å². The van der Waals surface area contributed by atoms with Crippen molar-refractivity contribution in [3.63, 3.8) is 0 Å². The lowest BCUT2D eigenvalue weighted by Gasteiger charge is -2.07. The van der Waals surface area contributed by atoms with E-state index in [1.807, 2.05) is 6.07 Å². The second-order valence-electron chi connectivity index (χ2n) is 4.01. The number of ether oxygens (including phenoxy) is 1. The van der Waals surface area contributed by atoms with Gasteiger partial charge >= 0.3 is 0 Å². The standard InChI is InChI=1S/C12H11ClO/c1-7-5-9-8-3-2-4-11(8)14-12(9)10(13)6-7/h2-3,5-6,8,11H,4H2,1H3/t8-,11-/m1/s1. The summed E-state index contributed by atoms with van der Waals surface area (Å²) < 4.78 is 5.82. The molecule has 72 valence electrons. The maximum atomic E-state index is 6.14. The van der Waals surface area contributed by atoms with E-state index in [0.29, 0.717) is 12.0 Å². The Bertz CT molecular complexity index is 423. The van der Waals surface area contributed by atoms with Crippen LogP contribution in [0.2, 0.25) is 5.02 Å². The molecule has 0 aromatic heterocycles. The van der Waals surface area contributed by atoms with Crippen LogP contribution in [0.3, 0.4) is 0 Å². The molecule has 1 aromatic rings. The normalized spacial score (nSPS) is 27.3. The Balaban J connectivity index is 2.19. The lowest BCUT2D eigenvalue weighted by molar-refractivity contribution is 0.232. The van der Waals surface area contributed by atoms with Gasteiger partial charge in [-0.15, -0.1) is 0 Å². The largest absolute Gasteiger partial charge is 0.487 e. The molecule has 2 atom stereocenters. The summed E-state index contributed by atoms with van der Waals surface area (Å²) in [6, 6.07) is 4.15. The molecule has 0 amide bonds. The highest BCUT2D eigenvalue weighted by atomic mass is 35.5. The van der Waals surface area contributed by atoms with E-state index in [-0.39, 0.29) is 0 Å². The van der Waals surface area contributed by atoms with Crippen LogP contribution in [0.1, 0.15) is 23.5 Å². The highest BCUT2D eigenvalue weighted by Crippen LogP contribution is 2.47. The molecule has 0 saturated heterocycles. The van der Waals surface area contributed by atoms with Crippen LogP contribution < -0.4 is 4.74 Å². The van der Waals surface area contributed by atoms with Gasteiger partial charge in [-0.05, 0) is 18.6 Å². The summed E-state index contributed by atoms with van der Waals surface area (Å²) in [4.78, 5) is 0. The Kier molecular flexibility index (Phi) is 1.65. The number of halogens is 1. The van der Waals surface area contributed by atoms with Gasteiger partial charge in [0.1, 0.15) is 11.9 Å². The molecule has 0 bridgehead atoms. The fourth-order valence-corrected chi connectivity index (χ4v) is 2.66. The minimum atomic E-state index is 0.296. The van der Waals surface area contributed by atoms with Gasteiger partial charge in [-0.3, -0.25) is 0 Å².